The van der Waals surface area contributed by atoms with Crippen molar-refractivity contribution in [2.45, 2.75) is 25.8 Å². The molecule has 0 saturated carbocycles. The summed E-state index contributed by atoms with van der Waals surface area (Å²) in [5, 5.41) is 0. The summed E-state index contributed by atoms with van der Waals surface area (Å²) in [5.41, 5.74) is 9.10. The van der Waals surface area contributed by atoms with Crippen LogP contribution in [0.2, 0.25) is 0 Å². The highest BCUT2D eigenvalue weighted by Crippen LogP contribution is 2.23. The number of fused-ring (bicyclic) bond motifs is 1. The van der Waals surface area contributed by atoms with Crippen LogP contribution in [0.5, 0.6) is 0 Å². The molecule has 1 unspecified atom stereocenters. The Hall–Kier alpha value is -2.36. The average Bonchev–Trinajstić information content (AvgIpc) is 2.82. The van der Waals surface area contributed by atoms with Crippen LogP contribution in [0, 0.1) is 0 Å². The van der Waals surface area contributed by atoms with Gasteiger partial charge in [0.2, 0.25) is 5.95 Å². The molecule has 1 aromatic carbocycles. The van der Waals surface area contributed by atoms with Crippen LogP contribution in [0.1, 0.15) is 24.9 Å². The molecule has 0 bridgehead atoms. The second-order valence-corrected chi connectivity index (χ2v) is 5.06. The number of hydrogen-bond donors (Lipinski definition) is 1. The molecule has 102 valence electrons. The number of hydrogen-bond acceptors (Lipinski definition) is 3. The van der Waals surface area contributed by atoms with Crippen molar-refractivity contribution in [1.82, 2.24) is 14.5 Å². The van der Waals surface area contributed by atoms with Gasteiger partial charge in [0.05, 0.1) is 0 Å². The second kappa shape index (κ2) is 5.33. The summed E-state index contributed by atoms with van der Waals surface area (Å²) >= 11 is 0. The third-order valence-electron chi connectivity index (χ3n) is 3.61. The number of aryl methyl sites for hydroxylation is 1. The highest BCUT2D eigenvalue weighted by molar-refractivity contribution is 5.73. The summed E-state index contributed by atoms with van der Waals surface area (Å²) in [7, 11) is 0. The first-order valence-electron chi connectivity index (χ1n) is 6.88. The van der Waals surface area contributed by atoms with Gasteiger partial charge in [0.25, 0.3) is 0 Å². The van der Waals surface area contributed by atoms with Gasteiger partial charge in [-0.2, -0.15) is 0 Å². The number of nitrogens with two attached hydrogens (primary N) is 1. The molecule has 3 rings (SSSR count). The molecule has 0 radical (unpaired) electrons. The van der Waals surface area contributed by atoms with Crippen LogP contribution in [-0.2, 0) is 6.42 Å². The first kappa shape index (κ1) is 12.7. The molecular formula is C16H18N4. The maximum absolute atomic E-state index is 6.04. The Morgan fingerprint density at radius 1 is 1.15 bits per heavy atom. The maximum atomic E-state index is 6.04. The molecule has 0 aliphatic heterocycles. The minimum atomic E-state index is 0.273. The Labute approximate surface area is 118 Å². The Bertz CT molecular complexity index is 703. The van der Waals surface area contributed by atoms with E-state index in [1.807, 2.05) is 22.8 Å². The Balaban J connectivity index is 1.82. The third kappa shape index (κ3) is 2.37. The molecule has 4 nitrogen and oxygen atoms in total. The van der Waals surface area contributed by atoms with Crippen LogP contribution >= 0.6 is 0 Å². The largest absolute Gasteiger partial charge is 0.369 e. The lowest BCUT2D eigenvalue weighted by atomic mass is 10.1. The number of benzene rings is 1. The fourth-order valence-corrected chi connectivity index (χ4v) is 2.53. The molecule has 0 saturated heterocycles. The molecule has 3 aromatic rings. The molecular weight excluding hydrogens is 248 g/mol. The van der Waals surface area contributed by atoms with E-state index in [0.717, 1.165) is 24.0 Å². The summed E-state index contributed by atoms with van der Waals surface area (Å²) in [4.78, 5) is 8.77. The molecule has 0 fully saturated rings. The van der Waals surface area contributed by atoms with E-state index in [1.54, 1.807) is 6.20 Å². The van der Waals surface area contributed by atoms with E-state index >= 15 is 0 Å². The molecule has 0 amide bonds. The molecule has 2 heterocycles. The normalized spacial score (nSPS) is 12.7. The number of rotatable bonds is 4. The summed E-state index contributed by atoms with van der Waals surface area (Å²) in [6, 6.07) is 14.6. The second-order valence-electron chi connectivity index (χ2n) is 5.06. The van der Waals surface area contributed by atoms with Crippen molar-refractivity contribution in [1.29, 1.82) is 0 Å². The van der Waals surface area contributed by atoms with Crippen molar-refractivity contribution in [3.8, 4) is 0 Å². The molecule has 2 aromatic heterocycles. The van der Waals surface area contributed by atoms with Gasteiger partial charge in [-0.15, -0.1) is 0 Å². The Morgan fingerprint density at radius 2 is 1.95 bits per heavy atom. The van der Waals surface area contributed by atoms with Gasteiger partial charge in [0, 0.05) is 12.2 Å². The first-order chi connectivity index (χ1) is 9.75. The van der Waals surface area contributed by atoms with Gasteiger partial charge >= 0.3 is 0 Å². The molecule has 1 atom stereocenters. The minimum Gasteiger partial charge on any atom is -0.369 e. The van der Waals surface area contributed by atoms with Gasteiger partial charge in [0.1, 0.15) is 5.52 Å². The summed E-state index contributed by atoms with van der Waals surface area (Å²) in [5.74, 6) is 0.541. The summed E-state index contributed by atoms with van der Waals surface area (Å²) < 4.78 is 2.03. The molecule has 20 heavy (non-hydrogen) atoms. The zero-order chi connectivity index (χ0) is 13.9. The monoisotopic (exact) mass is 266 g/mol. The summed E-state index contributed by atoms with van der Waals surface area (Å²) in [6.45, 7) is 2.16. The van der Waals surface area contributed by atoms with E-state index < -0.39 is 0 Å². The number of imidazole rings is 1. The van der Waals surface area contributed by atoms with Crippen molar-refractivity contribution in [3.63, 3.8) is 0 Å². The number of nitrogens with zero attached hydrogens (tertiary/aromatic N) is 3. The first-order valence-corrected chi connectivity index (χ1v) is 6.88. The van der Waals surface area contributed by atoms with Crippen molar-refractivity contribution in [2.24, 2.45) is 0 Å². The van der Waals surface area contributed by atoms with Gasteiger partial charge < -0.3 is 5.73 Å². The molecule has 4 heteroatoms. The molecule has 0 aliphatic rings. The highest BCUT2D eigenvalue weighted by Gasteiger charge is 2.14. The number of pyridine rings is 1. The predicted molar refractivity (Wildman–Crippen MR) is 81.4 cm³/mol. The van der Waals surface area contributed by atoms with E-state index in [9.17, 15) is 0 Å². The van der Waals surface area contributed by atoms with Crippen molar-refractivity contribution < 1.29 is 0 Å². The summed E-state index contributed by atoms with van der Waals surface area (Å²) in [6.07, 6.45) is 3.81. The number of anilines is 1. The van der Waals surface area contributed by atoms with Crippen LogP contribution in [0.15, 0.2) is 48.7 Å². The quantitative estimate of drug-likeness (QED) is 0.789. The molecule has 0 aliphatic carbocycles. The average molecular weight is 266 g/mol. The fourth-order valence-electron chi connectivity index (χ4n) is 2.53. The van der Waals surface area contributed by atoms with E-state index in [2.05, 4.69) is 41.2 Å². The topological polar surface area (TPSA) is 56.7 Å². The standard InChI is InChI=1S/C16H18N4/c1-12(9-10-13-6-3-2-4-7-13)20-15-14(19-16(20)17)8-5-11-18-15/h2-8,11-12H,9-10H2,1H3,(H2,17,19). The van der Waals surface area contributed by atoms with Crippen molar-refractivity contribution >= 4 is 17.1 Å². The van der Waals surface area contributed by atoms with Crippen LogP contribution in [0.25, 0.3) is 11.2 Å². The third-order valence-corrected chi connectivity index (χ3v) is 3.61. The van der Waals surface area contributed by atoms with E-state index in [4.69, 9.17) is 5.73 Å². The SMILES string of the molecule is CC(CCc1ccccc1)n1c(N)nc2cccnc21. The van der Waals surface area contributed by atoms with Gasteiger partial charge in [-0.05, 0) is 37.5 Å². The van der Waals surface area contributed by atoms with Gasteiger partial charge in [-0.1, -0.05) is 30.3 Å². The zero-order valence-corrected chi connectivity index (χ0v) is 11.5. The molecule has 2 N–H and O–H groups in total. The molecule has 0 spiro atoms. The van der Waals surface area contributed by atoms with Gasteiger partial charge in [0.15, 0.2) is 5.65 Å². The zero-order valence-electron chi connectivity index (χ0n) is 11.5. The number of aromatic nitrogens is 3. The van der Waals surface area contributed by atoms with Gasteiger partial charge in [-0.3, -0.25) is 4.57 Å². The Kier molecular flexibility index (Phi) is 3.37. The van der Waals surface area contributed by atoms with E-state index in [1.165, 1.54) is 5.56 Å². The number of nitrogen functional groups attached to an aromatic ring is 1. The van der Waals surface area contributed by atoms with Crippen LogP contribution in [0.3, 0.4) is 0 Å². The van der Waals surface area contributed by atoms with Crippen molar-refractivity contribution in [3.05, 3.63) is 54.2 Å². The fraction of sp³-hybridized carbons (Fsp3) is 0.250. The van der Waals surface area contributed by atoms with Crippen LogP contribution < -0.4 is 5.73 Å². The van der Waals surface area contributed by atoms with E-state index in [0.29, 0.717) is 5.95 Å². The van der Waals surface area contributed by atoms with Crippen LogP contribution in [0.4, 0.5) is 5.95 Å². The maximum Gasteiger partial charge on any atom is 0.202 e. The predicted octanol–water partition coefficient (Wildman–Crippen LogP) is 3.21. The lowest BCUT2D eigenvalue weighted by Gasteiger charge is -2.15. The smallest absolute Gasteiger partial charge is 0.202 e. The van der Waals surface area contributed by atoms with Crippen LogP contribution in [-0.4, -0.2) is 14.5 Å². The Morgan fingerprint density at radius 3 is 2.75 bits per heavy atom. The minimum absolute atomic E-state index is 0.273. The lowest BCUT2D eigenvalue weighted by Crippen LogP contribution is -2.10. The highest BCUT2D eigenvalue weighted by atomic mass is 15.2. The van der Waals surface area contributed by atoms with Gasteiger partial charge in [-0.25, -0.2) is 9.97 Å². The van der Waals surface area contributed by atoms with Crippen molar-refractivity contribution in [2.75, 3.05) is 5.73 Å². The van der Waals surface area contributed by atoms with E-state index in [-0.39, 0.29) is 6.04 Å². The lowest BCUT2D eigenvalue weighted by molar-refractivity contribution is 0.523.